The second-order valence-electron chi connectivity index (χ2n) is 7.39. The molecule has 3 aliphatic carbocycles. The molecule has 4 atom stereocenters. The molecule has 0 saturated carbocycles. The molecule has 1 nitrogen and oxygen atoms in total. The van der Waals surface area contributed by atoms with Crippen LogP contribution in [0.25, 0.3) is 0 Å². The summed E-state index contributed by atoms with van der Waals surface area (Å²) < 4.78 is 0. The van der Waals surface area contributed by atoms with Gasteiger partial charge in [-0.15, -0.1) is 0 Å². The molecule has 5 rings (SSSR count). The Hall–Kier alpha value is -1.08. The molecule has 1 fully saturated rings. The Bertz CT molecular complexity index is 538. The van der Waals surface area contributed by atoms with Gasteiger partial charge in [0.15, 0.2) is 0 Å². The summed E-state index contributed by atoms with van der Waals surface area (Å²) in [6.45, 7) is 11.0. The Kier molecular flexibility index (Phi) is 3.22. The summed E-state index contributed by atoms with van der Waals surface area (Å²) in [6.07, 6.45) is 2.67. The van der Waals surface area contributed by atoms with Crippen molar-refractivity contribution in [1.29, 1.82) is 0 Å². The van der Waals surface area contributed by atoms with Gasteiger partial charge in [0.2, 0.25) is 0 Å². The van der Waals surface area contributed by atoms with Gasteiger partial charge in [0.1, 0.15) is 0 Å². The average Bonchev–Trinajstić information content (AvgIpc) is 2.92. The second-order valence-corrected chi connectivity index (χ2v) is 7.39. The van der Waals surface area contributed by atoms with E-state index >= 15 is 0 Å². The minimum absolute atomic E-state index is 0.697. The minimum atomic E-state index is 0.697. The van der Waals surface area contributed by atoms with E-state index in [1.54, 1.807) is 22.3 Å². The van der Waals surface area contributed by atoms with Crippen LogP contribution in [0, 0.1) is 11.8 Å². The Morgan fingerprint density at radius 3 is 1.95 bits per heavy atom. The Labute approximate surface area is 129 Å². The fourth-order valence-corrected chi connectivity index (χ4v) is 5.35. The minimum Gasteiger partial charge on any atom is -0.303 e. The lowest BCUT2D eigenvalue weighted by atomic mass is 9.56. The van der Waals surface area contributed by atoms with Crippen LogP contribution in [0.1, 0.15) is 56.6 Å². The van der Waals surface area contributed by atoms with Crippen molar-refractivity contribution in [2.24, 2.45) is 11.8 Å². The molecule has 2 bridgehead atoms. The van der Waals surface area contributed by atoms with Gasteiger partial charge in [0, 0.05) is 24.9 Å². The Morgan fingerprint density at radius 1 is 0.952 bits per heavy atom. The lowest BCUT2D eigenvalue weighted by Gasteiger charge is -2.48. The molecule has 1 aromatic rings. The zero-order valence-corrected chi connectivity index (χ0v) is 13.6. The molecule has 1 saturated heterocycles. The standard InChI is InChI=1S/C20H27N/c1-4-5-10-21-11-17-18(12-21)20-14(3)13(2)19(17)15-8-6-7-9-16(15)20/h6-9,17-20H,4-5,10-12H2,1-3H3. The molecule has 21 heavy (non-hydrogen) atoms. The summed E-state index contributed by atoms with van der Waals surface area (Å²) >= 11 is 0. The molecule has 4 unspecified atom stereocenters. The summed E-state index contributed by atoms with van der Waals surface area (Å²) in [5.74, 6) is 3.13. The monoisotopic (exact) mass is 281 g/mol. The topological polar surface area (TPSA) is 3.24 Å². The molecule has 1 heterocycles. The number of likely N-dealkylation sites (tertiary alicyclic amines) is 1. The third-order valence-corrected chi connectivity index (χ3v) is 6.39. The number of nitrogens with zero attached hydrogens (tertiary/aromatic N) is 1. The van der Waals surface area contributed by atoms with Gasteiger partial charge in [-0.2, -0.15) is 0 Å². The van der Waals surface area contributed by atoms with E-state index in [2.05, 4.69) is 49.9 Å². The maximum Gasteiger partial charge on any atom is 0.00950 e. The van der Waals surface area contributed by atoms with Crippen LogP contribution in [0.4, 0.5) is 0 Å². The maximum atomic E-state index is 2.75. The van der Waals surface area contributed by atoms with E-state index in [4.69, 9.17) is 0 Å². The molecule has 1 aliphatic heterocycles. The molecule has 0 radical (unpaired) electrons. The van der Waals surface area contributed by atoms with Gasteiger partial charge in [-0.3, -0.25) is 0 Å². The van der Waals surface area contributed by atoms with E-state index in [1.807, 2.05) is 0 Å². The molecule has 0 N–H and O–H groups in total. The van der Waals surface area contributed by atoms with E-state index < -0.39 is 0 Å². The Balaban J connectivity index is 1.72. The quantitative estimate of drug-likeness (QED) is 0.734. The van der Waals surface area contributed by atoms with Gasteiger partial charge in [0.25, 0.3) is 0 Å². The highest BCUT2D eigenvalue weighted by atomic mass is 15.2. The summed E-state index contributed by atoms with van der Waals surface area (Å²) in [7, 11) is 0. The molecule has 4 aliphatic rings. The number of unbranched alkanes of at least 4 members (excludes halogenated alkanes) is 1. The van der Waals surface area contributed by atoms with E-state index in [9.17, 15) is 0 Å². The molecule has 0 aromatic heterocycles. The van der Waals surface area contributed by atoms with Crippen molar-refractivity contribution >= 4 is 0 Å². The van der Waals surface area contributed by atoms with Crippen LogP contribution in [0.3, 0.4) is 0 Å². The lowest BCUT2D eigenvalue weighted by Crippen LogP contribution is -2.38. The first kappa shape index (κ1) is 13.6. The second kappa shape index (κ2) is 4.98. The van der Waals surface area contributed by atoms with Crippen LogP contribution in [-0.4, -0.2) is 24.5 Å². The molecular formula is C20H27N. The maximum absolute atomic E-state index is 2.75. The number of hydrogen-bond donors (Lipinski definition) is 0. The SMILES string of the molecule is CCCCN1CC2C3C(C)=C(C)C(c4ccccc43)C2C1. The summed E-state index contributed by atoms with van der Waals surface area (Å²) in [4.78, 5) is 2.75. The van der Waals surface area contributed by atoms with Gasteiger partial charge < -0.3 is 4.90 Å². The average molecular weight is 281 g/mol. The molecule has 0 amide bonds. The number of hydrogen-bond acceptors (Lipinski definition) is 1. The largest absolute Gasteiger partial charge is 0.303 e. The van der Waals surface area contributed by atoms with Crippen molar-refractivity contribution < 1.29 is 0 Å². The number of benzene rings is 1. The van der Waals surface area contributed by atoms with Crippen LogP contribution >= 0.6 is 0 Å². The van der Waals surface area contributed by atoms with Gasteiger partial charge in [-0.1, -0.05) is 48.8 Å². The highest BCUT2D eigenvalue weighted by molar-refractivity contribution is 5.52. The predicted molar refractivity (Wildman–Crippen MR) is 88.6 cm³/mol. The van der Waals surface area contributed by atoms with Crippen LogP contribution in [0.15, 0.2) is 35.4 Å². The van der Waals surface area contributed by atoms with Gasteiger partial charge in [0.05, 0.1) is 0 Å². The lowest BCUT2D eigenvalue weighted by molar-refractivity contribution is 0.288. The fraction of sp³-hybridized carbons (Fsp3) is 0.600. The normalized spacial score (nSPS) is 34.2. The highest BCUT2D eigenvalue weighted by Gasteiger charge is 2.51. The summed E-state index contributed by atoms with van der Waals surface area (Å²) in [5.41, 5.74) is 6.64. The van der Waals surface area contributed by atoms with E-state index in [1.165, 1.54) is 32.5 Å². The van der Waals surface area contributed by atoms with Crippen LogP contribution < -0.4 is 0 Å². The smallest absolute Gasteiger partial charge is 0.00950 e. The van der Waals surface area contributed by atoms with E-state index in [0.29, 0.717) is 11.8 Å². The van der Waals surface area contributed by atoms with Crippen molar-refractivity contribution in [3.05, 3.63) is 46.5 Å². The van der Waals surface area contributed by atoms with Crippen molar-refractivity contribution in [3.8, 4) is 0 Å². The zero-order valence-electron chi connectivity index (χ0n) is 13.6. The van der Waals surface area contributed by atoms with Gasteiger partial charge in [-0.05, 0) is 49.8 Å². The van der Waals surface area contributed by atoms with Crippen molar-refractivity contribution in [2.45, 2.75) is 45.4 Å². The third kappa shape index (κ3) is 1.86. The first-order valence-corrected chi connectivity index (χ1v) is 8.70. The summed E-state index contributed by atoms with van der Waals surface area (Å²) in [5, 5.41) is 0. The molecular weight excluding hydrogens is 254 g/mol. The fourth-order valence-electron chi connectivity index (χ4n) is 5.35. The first-order valence-electron chi connectivity index (χ1n) is 8.70. The van der Waals surface area contributed by atoms with Gasteiger partial charge >= 0.3 is 0 Å². The van der Waals surface area contributed by atoms with E-state index in [0.717, 1.165) is 11.8 Å². The summed E-state index contributed by atoms with van der Waals surface area (Å²) in [6, 6.07) is 9.27. The molecule has 1 aromatic carbocycles. The first-order chi connectivity index (χ1) is 10.2. The van der Waals surface area contributed by atoms with Crippen molar-refractivity contribution in [1.82, 2.24) is 4.90 Å². The van der Waals surface area contributed by atoms with Crippen molar-refractivity contribution in [2.75, 3.05) is 19.6 Å². The molecule has 0 spiro atoms. The third-order valence-electron chi connectivity index (χ3n) is 6.39. The highest BCUT2D eigenvalue weighted by Crippen LogP contribution is 2.59. The predicted octanol–water partition coefficient (Wildman–Crippen LogP) is 4.57. The van der Waals surface area contributed by atoms with Gasteiger partial charge in [-0.25, -0.2) is 0 Å². The van der Waals surface area contributed by atoms with E-state index in [-0.39, 0.29) is 0 Å². The molecule has 1 heteroatoms. The van der Waals surface area contributed by atoms with Crippen LogP contribution in [0.5, 0.6) is 0 Å². The number of rotatable bonds is 3. The zero-order chi connectivity index (χ0) is 14.6. The Morgan fingerprint density at radius 2 is 1.48 bits per heavy atom. The molecule has 112 valence electrons. The number of allylic oxidation sites excluding steroid dienone is 2. The van der Waals surface area contributed by atoms with Crippen molar-refractivity contribution in [3.63, 3.8) is 0 Å². The van der Waals surface area contributed by atoms with Crippen LogP contribution in [-0.2, 0) is 0 Å². The van der Waals surface area contributed by atoms with Crippen LogP contribution in [0.2, 0.25) is 0 Å².